The van der Waals surface area contributed by atoms with Crippen LogP contribution in [0.4, 0.5) is 5.69 Å². The van der Waals surface area contributed by atoms with E-state index in [9.17, 15) is 9.90 Å². The molecule has 0 bridgehead atoms. The molecular formula is C17H19NO3. The lowest BCUT2D eigenvalue weighted by atomic mass is 9.63. The molecule has 0 spiro atoms. The van der Waals surface area contributed by atoms with Gasteiger partial charge in [0.2, 0.25) is 0 Å². The molecule has 1 aromatic carbocycles. The summed E-state index contributed by atoms with van der Waals surface area (Å²) in [7, 11) is 1.63. The number of amides is 1. The van der Waals surface area contributed by atoms with Crippen LogP contribution < -0.4 is 9.64 Å². The molecule has 1 saturated carbocycles. The van der Waals surface area contributed by atoms with E-state index in [1.807, 2.05) is 24.3 Å². The van der Waals surface area contributed by atoms with E-state index in [0.717, 1.165) is 29.9 Å². The van der Waals surface area contributed by atoms with Crippen LogP contribution in [-0.2, 0) is 4.79 Å². The minimum atomic E-state index is -0.365. The molecule has 1 N–H and O–H groups in total. The summed E-state index contributed by atoms with van der Waals surface area (Å²) in [5.41, 5.74) is 1.69. The van der Waals surface area contributed by atoms with Crippen molar-refractivity contribution in [1.29, 1.82) is 0 Å². The van der Waals surface area contributed by atoms with Gasteiger partial charge in [-0.2, -0.15) is 0 Å². The van der Waals surface area contributed by atoms with E-state index in [1.54, 1.807) is 12.0 Å². The summed E-state index contributed by atoms with van der Waals surface area (Å²) in [5, 5.41) is 10.5. The molecule has 2 aliphatic carbocycles. The van der Waals surface area contributed by atoms with Crippen LogP contribution in [0.3, 0.4) is 0 Å². The van der Waals surface area contributed by atoms with Gasteiger partial charge in [0.25, 0.3) is 5.91 Å². The Hall–Kier alpha value is -1.81. The van der Waals surface area contributed by atoms with E-state index in [1.165, 1.54) is 0 Å². The van der Waals surface area contributed by atoms with E-state index in [2.05, 4.69) is 6.08 Å². The molecule has 1 aromatic rings. The van der Waals surface area contributed by atoms with Crippen molar-refractivity contribution in [3.63, 3.8) is 0 Å². The monoisotopic (exact) mass is 285 g/mol. The van der Waals surface area contributed by atoms with Crippen molar-refractivity contribution in [2.75, 3.05) is 18.6 Å². The van der Waals surface area contributed by atoms with Gasteiger partial charge in [-0.3, -0.25) is 4.79 Å². The van der Waals surface area contributed by atoms with Crippen LogP contribution in [0.1, 0.15) is 12.8 Å². The Morgan fingerprint density at radius 1 is 1.24 bits per heavy atom. The lowest BCUT2D eigenvalue weighted by Crippen LogP contribution is -2.44. The summed E-state index contributed by atoms with van der Waals surface area (Å²) in [6.07, 6.45) is 3.95. The molecule has 4 nitrogen and oxygen atoms in total. The predicted octanol–water partition coefficient (Wildman–Crippen LogP) is 1.99. The molecule has 0 radical (unpaired) electrons. The molecule has 0 unspecified atom stereocenters. The highest BCUT2D eigenvalue weighted by Gasteiger charge is 2.50. The van der Waals surface area contributed by atoms with Crippen molar-refractivity contribution in [2.24, 2.45) is 17.8 Å². The fourth-order valence-corrected chi connectivity index (χ4v) is 3.88. The average Bonchev–Trinajstić information content (AvgIpc) is 2.80. The smallest absolute Gasteiger partial charge is 0.254 e. The van der Waals surface area contributed by atoms with Crippen LogP contribution in [0.15, 0.2) is 35.9 Å². The first-order valence-corrected chi connectivity index (χ1v) is 7.54. The molecule has 4 atom stereocenters. The highest BCUT2D eigenvalue weighted by Crippen LogP contribution is 2.48. The van der Waals surface area contributed by atoms with Gasteiger partial charge in [0, 0.05) is 23.7 Å². The first kappa shape index (κ1) is 12.9. The number of rotatable bonds is 2. The Balaban J connectivity index is 1.64. The summed E-state index contributed by atoms with van der Waals surface area (Å²) in [6, 6.07) is 7.52. The van der Waals surface area contributed by atoms with Crippen molar-refractivity contribution in [2.45, 2.75) is 18.9 Å². The number of hydrogen-bond donors (Lipinski definition) is 1. The van der Waals surface area contributed by atoms with E-state index >= 15 is 0 Å². The zero-order valence-electron chi connectivity index (χ0n) is 12.0. The number of nitrogens with zero attached hydrogens (tertiary/aromatic N) is 1. The molecule has 21 heavy (non-hydrogen) atoms. The molecule has 2 fully saturated rings. The second-order valence-corrected chi connectivity index (χ2v) is 6.24. The molecule has 1 amide bonds. The van der Waals surface area contributed by atoms with Crippen LogP contribution in [0.2, 0.25) is 0 Å². The van der Waals surface area contributed by atoms with Crippen LogP contribution >= 0.6 is 0 Å². The number of aliphatic hydroxyl groups is 1. The molecule has 4 rings (SSSR count). The van der Waals surface area contributed by atoms with Gasteiger partial charge in [0.15, 0.2) is 0 Å². The van der Waals surface area contributed by atoms with Gasteiger partial charge in [-0.25, -0.2) is 0 Å². The minimum Gasteiger partial charge on any atom is -0.497 e. The third-order valence-corrected chi connectivity index (χ3v) is 5.28. The third-order valence-electron chi connectivity index (χ3n) is 5.28. The second kappa shape index (κ2) is 4.60. The first-order valence-electron chi connectivity index (χ1n) is 7.54. The lowest BCUT2D eigenvalue weighted by molar-refractivity contribution is -0.114. The lowest BCUT2D eigenvalue weighted by Gasteiger charge is -2.43. The van der Waals surface area contributed by atoms with Crippen molar-refractivity contribution in [1.82, 2.24) is 0 Å². The van der Waals surface area contributed by atoms with Crippen LogP contribution in [0, 0.1) is 17.8 Å². The number of hydrogen-bond acceptors (Lipinski definition) is 3. The quantitative estimate of drug-likeness (QED) is 0.904. The van der Waals surface area contributed by atoms with E-state index < -0.39 is 0 Å². The zero-order valence-corrected chi connectivity index (χ0v) is 12.0. The van der Waals surface area contributed by atoms with Gasteiger partial charge in [-0.1, -0.05) is 6.08 Å². The van der Waals surface area contributed by atoms with Gasteiger partial charge in [-0.05, 0) is 48.9 Å². The Morgan fingerprint density at radius 2 is 2.00 bits per heavy atom. The van der Waals surface area contributed by atoms with Crippen molar-refractivity contribution in [3.05, 3.63) is 35.9 Å². The summed E-state index contributed by atoms with van der Waals surface area (Å²) >= 11 is 0. The molecular weight excluding hydrogens is 266 g/mol. The fourth-order valence-electron chi connectivity index (χ4n) is 3.88. The standard InChI is InChI=1S/C17H19NO3/c1-21-12-5-3-11(4-6-12)18-9-15-14(17(18)20)8-10-2-7-13(10)16(15)19/h3-6,8,10,13,15-16,19H,2,7,9H2,1H3/t10-,13-,15-,16+/m0/s1. The minimum absolute atomic E-state index is 0.0267. The average molecular weight is 285 g/mol. The Kier molecular flexibility index (Phi) is 2.82. The number of aliphatic hydroxyl groups excluding tert-OH is 1. The van der Waals surface area contributed by atoms with Gasteiger partial charge < -0.3 is 14.7 Å². The van der Waals surface area contributed by atoms with E-state index in [0.29, 0.717) is 18.4 Å². The number of anilines is 1. The molecule has 3 aliphatic rings. The SMILES string of the molecule is COc1ccc(N2C[C@H]3C(=C[C@@H]4CC[C@@H]4[C@H]3O)C2=O)cc1. The molecule has 4 heteroatoms. The van der Waals surface area contributed by atoms with Gasteiger partial charge in [0.1, 0.15) is 5.75 Å². The van der Waals surface area contributed by atoms with Crippen molar-refractivity contribution >= 4 is 11.6 Å². The van der Waals surface area contributed by atoms with Crippen molar-refractivity contribution < 1.29 is 14.6 Å². The largest absolute Gasteiger partial charge is 0.497 e. The topological polar surface area (TPSA) is 49.8 Å². The van der Waals surface area contributed by atoms with Crippen LogP contribution in [0.25, 0.3) is 0 Å². The summed E-state index contributed by atoms with van der Waals surface area (Å²) in [5.74, 6) is 1.57. The second-order valence-electron chi connectivity index (χ2n) is 6.24. The first-order chi connectivity index (χ1) is 10.2. The molecule has 1 saturated heterocycles. The Bertz CT molecular complexity index is 607. The zero-order chi connectivity index (χ0) is 14.6. The van der Waals surface area contributed by atoms with Gasteiger partial charge >= 0.3 is 0 Å². The van der Waals surface area contributed by atoms with Gasteiger partial charge in [-0.15, -0.1) is 0 Å². The maximum atomic E-state index is 12.6. The van der Waals surface area contributed by atoms with E-state index in [4.69, 9.17) is 4.74 Å². The van der Waals surface area contributed by atoms with Crippen LogP contribution in [-0.4, -0.2) is 30.8 Å². The molecule has 0 aromatic heterocycles. The number of ether oxygens (including phenoxy) is 1. The van der Waals surface area contributed by atoms with Crippen molar-refractivity contribution in [3.8, 4) is 5.75 Å². The summed E-state index contributed by atoms with van der Waals surface area (Å²) in [6.45, 7) is 0.585. The Labute approximate surface area is 124 Å². The maximum Gasteiger partial charge on any atom is 0.254 e. The predicted molar refractivity (Wildman–Crippen MR) is 79.1 cm³/mol. The highest BCUT2D eigenvalue weighted by molar-refractivity contribution is 6.09. The number of benzene rings is 1. The fraction of sp³-hybridized carbons (Fsp3) is 0.471. The number of allylic oxidation sites excluding steroid dienone is 1. The van der Waals surface area contributed by atoms with Gasteiger partial charge in [0.05, 0.1) is 13.2 Å². The number of carbonyl (C=O) groups is 1. The van der Waals surface area contributed by atoms with E-state index in [-0.39, 0.29) is 17.9 Å². The normalized spacial score (nSPS) is 33.9. The summed E-state index contributed by atoms with van der Waals surface area (Å²) < 4.78 is 5.15. The molecule has 110 valence electrons. The maximum absolute atomic E-state index is 12.6. The molecule has 1 aliphatic heterocycles. The third kappa shape index (κ3) is 1.82. The number of carbonyl (C=O) groups excluding carboxylic acids is 1. The summed E-state index contributed by atoms with van der Waals surface area (Å²) in [4.78, 5) is 14.4. The number of methoxy groups -OCH3 is 1. The Morgan fingerprint density at radius 3 is 2.62 bits per heavy atom. The number of fused-ring (bicyclic) bond motifs is 2. The van der Waals surface area contributed by atoms with Crippen LogP contribution in [0.5, 0.6) is 5.75 Å². The molecule has 1 heterocycles. The highest BCUT2D eigenvalue weighted by atomic mass is 16.5.